The molecule has 142 valence electrons. The molecule has 0 aromatic carbocycles. The number of rotatable bonds is 5. The molecule has 0 radical (unpaired) electrons. The lowest BCUT2D eigenvalue weighted by Crippen LogP contribution is -2.62. The second-order valence-corrected chi connectivity index (χ2v) is 7.54. The minimum Gasteiger partial charge on any atom is -0.480 e. The summed E-state index contributed by atoms with van der Waals surface area (Å²) in [6, 6.07) is 1.91. The highest BCUT2D eigenvalue weighted by atomic mass is 16.6. The lowest BCUT2D eigenvalue weighted by atomic mass is 9.87. The van der Waals surface area contributed by atoms with Crippen molar-refractivity contribution in [2.75, 3.05) is 18.0 Å². The van der Waals surface area contributed by atoms with Gasteiger partial charge in [-0.2, -0.15) is 0 Å². The van der Waals surface area contributed by atoms with Crippen LogP contribution in [0.1, 0.15) is 33.6 Å². The topological polar surface area (TPSA) is 124 Å². The smallest absolute Gasteiger partial charge is 0.324 e. The molecule has 1 saturated heterocycles. The van der Waals surface area contributed by atoms with Gasteiger partial charge in [0.15, 0.2) is 0 Å². The normalized spacial score (nSPS) is 18.8. The van der Waals surface area contributed by atoms with Crippen molar-refractivity contribution in [3.63, 3.8) is 0 Å². The number of nitrogens with zero attached hydrogens (tertiary/aromatic N) is 3. The maximum absolute atomic E-state index is 11.9. The maximum atomic E-state index is 11.9. The van der Waals surface area contributed by atoms with Crippen LogP contribution < -0.4 is 10.2 Å². The number of piperidine rings is 1. The molecule has 0 aliphatic carbocycles. The SMILES string of the molecule is CC(C)(C)OC(O)NC1(C(=O)O)CCN(c2ncnc3[nH]ccc23)CC1. The summed E-state index contributed by atoms with van der Waals surface area (Å²) in [6.07, 6.45) is 2.56. The molecule has 1 unspecified atom stereocenters. The summed E-state index contributed by atoms with van der Waals surface area (Å²) >= 11 is 0. The number of aromatic amines is 1. The summed E-state index contributed by atoms with van der Waals surface area (Å²) in [5.74, 6) is -0.218. The van der Waals surface area contributed by atoms with Gasteiger partial charge in [0.2, 0.25) is 6.41 Å². The van der Waals surface area contributed by atoms with Gasteiger partial charge in [0, 0.05) is 19.3 Å². The van der Waals surface area contributed by atoms with Crippen LogP contribution in [0.4, 0.5) is 5.82 Å². The zero-order valence-corrected chi connectivity index (χ0v) is 15.2. The van der Waals surface area contributed by atoms with Crippen LogP contribution in [0.15, 0.2) is 18.6 Å². The first-order valence-electron chi connectivity index (χ1n) is 8.60. The Bertz CT molecular complexity index is 777. The zero-order valence-electron chi connectivity index (χ0n) is 15.2. The summed E-state index contributed by atoms with van der Waals surface area (Å²) in [5.41, 5.74) is -1.09. The molecule has 0 bridgehead atoms. The van der Waals surface area contributed by atoms with Gasteiger partial charge in [-0.05, 0) is 39.7 Å². The fraction of sp³-hybridized carbons (Fsp3) is 0.588. The van der Waals surface area contributed by atoms with Gasteiger partial charge in [0.1, 0.15) is 23.3 Å². The number of H-pyrrole nitrogens is 1. The fourth-order valence-electron chi connectivity index (χ4n) is 3.23. The van der Waals surface area contributed by atoms with Crippen LogP contribution in [0.25, 0.3) is 11.0 Å². The Morgan fingerprint density at radius 1 is 1.38 bits per heavy atom. The lowest BCUT2D eigenvalue weighted by molar-refractivity contribution is -0.198. The highest BCUT2D eigenvalue weighted by molar-refractivity contribution is 5.87. The molecule has 2 aromatic rings. The highest BCUT2D eigenvalue weighted by Crippen LogP contribution is 2.30. The molecule has 3 heterocycles. The fourth-order valence-corrected chi connectivity index (χ4v) is 3.23. The molecule has 4 N–H and O–H groups in total. The molecule has 0 spiro atoms. The number of aliphatic hydroxyl groups is 1. The van der Waals surface area contributed by atoms with Crippen molar-refractivity contribution in [1.29, 1.82) is 0 Å². The molecule has 0 amide bonds. The van der Waals surface area contributed by atoms with Crippen molar-refractivity contribution in [1.82, 2.24) is 20.3 Å². The van der Waals surface area contributed by atoms with Crippen LogP contribution in [-0.4, -0.2) is 61.8 Å². The van der Waals surface area contributed by atoms with Crippen LogP contribution in [0.5, 0.6) is 0 Å². The van der Waals surface area contributed by atoms with Crippen molar-refractivity contribution < 1.29 is 19.7 Å². The van der Waals surface area contributed by atoms with E-state index < -0.39 is 23.5 Å². The standard InChI is InChI=1S/C17H25N5O4/c1-16(2,3)26-15(25)21-17(14(23)24)5-8-22(9-6-17)13-11-4-7-18-12(11)19-10-20-13/h4,7,10,15,21,25H,5-6,8-9H2,1-3H3,(H,23,24)(H,18,19,20). The number of carboxylic acids is 1. The number of aliphatic carboxylic acids is 1. The molecule has 1 aliphatic rings. The van der Waals surface area contributed by atoms with Crippen molar-refractivity contribution in [2.24, 2.45) is 0 Å². The van der Waals surface area contributed by atoms with Crippen molar-refractivity contribution in [3.8, 4) is 0 Å². The Kier molecular flexibility index (Phi) is 4.87. The number of nitrogens with one attached hydrogen (secondary N) is 2. The quantitative estimate of drug-likeness (QED) is 0.582. The first-order chi connectivity index (χ1) is 12.2. The van der Waals surface area contributed by atoms with Gasteiger partial charge in [0.25, 0.3) is 0 Å². The zero-order chi connectivity index (χ0) is 18.9. The molecular weight excluding hydrogens is 338 g/mol. The summed E-state index contributed by atoms with van der Waals surface area (Å²) in [5, 5.41) is 23.5. The number of ether oxygens (including phenoxy) is 1. The summed E-state index contributed by atoms with van der Waals surface area (Å²) in [6.45, 7) is 6.36. The second kappa shape index (κ2) is 6.82. The molecule has 3 rings (SSSR count). The minimum atomic E-state index is -1.35. The Hall–Kier alpha value is -2.23. The van der Waals surface area contributed by atoms with Gasteiger partial charge in [-0.1, -0.05) is 0 Å². The van der Waals surface area contributed by atoms with E-state index in [1.54, 1.807) is 27.0 Å². The molecule has 9 heteroatoms. The predicted octanol–water partition coefficient (Wildman–Crippen LogP) is 1.06. The van der Waals surface area contributed by atoms with Crippen LogP contribution in [0.2, 0.25) is 0 Å². The van der Waals surface area contributed by atoms with E-state index in [2.05, 4.69) is 20.3 Å². The van der Waals surface area contributed by atoms with Gasteiger partial charge in [-0.3, -0.25) is 10.1 Å². The van der Waals surface area contributed by atoms with Gasteiger partial charge < -0.3 is 24.8 Å². The highest BCUT2D eigenvalue weighted by Gasteiger charge is 2.44. The average Bonchev–Trinajstić information content (AvgIpc) is 3.02. The number of hydrogen-bond donors (Lipinski definition) is 4. The van der Waals surface area contributed by atoms with Gasteiger partial charge >= 0.3 is 5.97 Å². The first kappa shape index (κ1) is 18.6. The largest absolute Gasteiger partial charge is 0.480 e. The second-order valence-electron chi connectivity index (χ2n) is 7.54. The third-order valence-corrected chi connectivity index (χ3v) is 4.52. The monoisotopic (exact) mass is 363 g/mol. The van der Waals surface area contributed by atoms with Crippen LogP contribution in [-0.2, 0) is 9.53 Å². The van der Waals surface area contributed by atoms with Gasteiger partial charge in [-0.15, -0.1) is 0 Å². The Balaban J connectivity index is 1.73. The Morgan fingerprint density at radius 3 is 2.69 bits per heavy atom. The number of aliphatic hydroxyl groups excluding tert-OH is 1. The Morgan fingerprint density at radius 2 is 2.08 bits per heavy atom. The molecular formula is C17H25N5O4. The van der Waals surface area contributed by atoms with Crippen LogP contribution in [0, 0.1) is 0 Å². The first-order valence-corrected chi connectivity index (χ1v) is 8.60. The molecule has 9 nitrogen and oxygen atoms in total. The number of hydrogen-bond acceptors (Lipinski definition) is 7. The molecule has 0 saturated carbocycles. The Labute approximate surface area is 151 Å². The van der Waals surface area contributed by atoms with Crippen LogP contribution in [0.3, 0.4) is 0 Å². The number of carbonyl (C=O) groups is 1. The molecule has 1 fully saturated rings. The van der Waals surface area contributed by atoms with Crippen molar-refractivity contribution in [3.05, 3.63) is 18.6 Å². The summed E-state index contributed by atoms with van der Waals surface area (Å²) in [7, 11) is 0. The predicted molar refractivity (Wildman–Crippen MR) is 95.7 cm³/mol. The van der Waals surface area contributed by atoms with E-state index in [9.17, 15) is 15.0 Å². The van der Waals surface area contributed by atoms with E-state index in [0.717, 1.165) is 16.9 Å². The minimum absolute atomic E-state index is 0.308. The molecule has 26 heavy (non-hydrogen) atoms. The van der Waals surface area contributed by atoms with Gasteiger partial charge in [-0.25, -0.2) is 9.97 Å². The van der Waals surface area contributed by atoms with E-state index in [4.69, 9.17) is 4.74 Å². The average molecular weight is 363 g/mol. The third-order valence-electron chi connectivity index (χ3n) is 4.52. The molecule has 1 atom stereocenters. The molecule has 1 aliphatic heterocycles. The number of anilines is 1. The number of aromatic nitrogens is 3. The number of carboxylic acid groups (broad SMARTS) is 1. The van der Waals surface area contributed by atoms with E-state index in [1.165, 1.54) is 6.33 Å². The summed E-state index contributed by atoms with van der Waals surface area (Å²) in [4.78, 5) is 25.5. The third kappa shape index (κ3) is 3.79. The van der Waals surface area contributed by atoms with E-state index >= 15 is 0 Å². The molecule has 2 aromatic heterocycles. The van der Waals surface area contributed by atoms with E-state index in [1.807, 2.05) is 11.0 Å². The lowest BCUT2D eigenvalue weighted by Gasteiger charge is -2.41. The van der Waals surface area contributed by atoms with Crippen molar-refractivity contribution in [2.45, 2.75) is 51.2 Å². The van der Waals surface area contributed by atoms with Crippen molar-refractivity contribution >= 4 is 22.8 Å². The van der Waals surface area contributed by atoms with E-state index in [0.29, 0.717) is 25.9 Å². The number of fused-ring (bicyclic) bond motifs is 1. The van der Waals surface area contributed by atoms with E-state index in [-0.39, 0.29) is 0 Å². The summed E-state index contributed by atoms with van der Waals surface area (Å²) < 4.78 is 5.42. The van der Waals surface area contributed by atoms with Gasteiger partial charge in [0.05, 0.1) is 11.0 Å². The maximum Gasteiger partial charge on any atom is 0.324 e. The van der Waals surface area contributed by atoms with Crippen LogP contribution >= 0.6 is 0 Å².